The van der Waals surface area contributed by atoms with Crippen LogP contribution >= 0.6 is 0 Å². The van der Waals surface area contributed by atoms with Crippen LogP contribution in [0.3, 0.4) is 0 Å². The van der Waals surface area contributed by atoms with E-state index in [1.54, 1.807) is 16.4 Å². The molecule has 0 aromatic heterocycles. The molecule has 4 heteroatoms. The Morgan fingerprint density at radius 2 is 1.57 bits per heavy atom. The van der Waals surface area contributed by atoms with Crippen molar-refractivity contribution in [3.63, 3.8) is 0 Å². The van der Waals surface area contributed by atoms with E-state index in [9.17, 15) is 8.42 Å². The second-order valence-corrected chi connectivity index (χ2v) is 7.79. The van der Waals surface area contributed by atoms with Crippen molar-refractivity contribution in [3.05, 3.63) is 54.6 Å². The van der Waals surface area contributed by atoms with E-state index in [0.29, 0.717) is 17.4 Å². The second-order valence-electron chi connectivity index (χ2n) is 5.93. The topological polar surface area (TPSA) is 37.4 Å². The number of rotatable bonds is 3. The molecule has 3 fully saturated rings. The average Bonchev–Trinajstić information content (AvgIpc) is 3.09. The van der Waals surface area contributed by atoms with Crippen LogP contribution in [0.4, 0.5) is 0 Å². The van der Waals surface area contributed by atoms with Gasteiger partial charge in [-0.3, -0.25) is 0 Å². The number of fused-ring (bicyclic) bond motifs is 1. The first-order chi connectivity index (χ1) is 10.2. The fraction of sp³-hybridized carbons (Fsp3) is 0.294. The van der Waals surface area contributed by atoms with Crippen molar-refractivity contribution in [1.82, 2.24) is 4.31 Å². The number of benzene rings is 2. The van der Waals surface area contributed by atoms with Gasteiger partial charge in [-0.15, -0.1) is 0 Å². The Labute approximate surface area is 125 Å². The molecule has 3 aliphatic rings. The van der Waals surface area contributed by atoms with E-state index >= 15 is 0 Å². The van der Waals surface area contributed by atoms with Crippen LogP contribution in [-0.2, 0) is 10.0 Å². The number of hydrogen-bond acceptors (Lipinski definition) is 2. The zero-order valence-corrected chi connectivity index (χ0v) is 12.5. The lowest BCUT2D eigenvalue weighted by Crippen LogP contribution is -2.34. The maximum absolute atomic E-state index is 13.0. The third-order valence-corrected chi connectivity index (χ3v) is 6.59. The molecule has 0 unspecified atom stereocenters. The van der Waals surface area contributed by atoms with Crippen molar-refractivity contribution in [3.8, 4) is 11.1 Å². The fourth-order valence-corrected chi connectivity index (χ4v) is 5.40. The van der Waals surface area contributed by atoms with Gasteiger partial charge < -0.3 is 0 Å². The summed E-state index contributed by atoms with van der Waals surface area (Å²) in [5.41, 5.74) is 1.74. The van der Waals surface area contributed by atoms with Gasteiger partial charge in [0.25, 0.3) is 0 Å². The molecule has 21 heavy (non-hydrogen) atoms. The lowest BCUT2D eigenvalue weighted by Gasteiger charge is -2.26. The molecular weight excluding hydrogens is 282 g/mol. The lowest BCUT2D eigenvalue weighted by atomic mass is 9.87. The molecule has 1 aliphatic carbocycles. The van der Waals surface area contributed by atoms with E-state index in [1.807, 2.05) is 42.5 Å². The SMILES string of the molecule is O=S(=O)(c1ccccc1-c1ccccc1)N1CC2CC1C2. The molecular formula is C17H17NO2S. The monoisotopic (exact) mass is 299 g/mol. The minimum absolute atomic E-state index is 0.226. The molecule has 5 rings (SSSR count). The highest BCUT2D eigenvalue weighted by Gasteiger charge is 2.48. The molecule has 3 nitrogen and oxygen atoms in total. The Morgan fingerprint density at radius 3 is 2.24 bits per heavy atom. The average molecular weight is 299 g/mol. The zero-order chi connectivity index (χ0) is 14.4. The maximum Gasteiger partial charge on any atom is 0.243 e. The molecule has 2 saturated heterocycles. The maximum atomic E-state index is 13.0. The van der Waals surface area contributed by atoms with Gasteiger partial charge in [-0.25, -0.2) is 8.42 Å². The van der Waals surface area contributed by atoms with Crippen LogP contribution in [0.5, 0.6) is 0 Å². The molecule has 1 saturated carbocycles. The van der Waals surface area contributed by atoms with Crippen molar-refractivity contribution in [2.75, 3.05) is 6.54 Å². The standard InChI is InChI=1S/C17H17NO2S/c19-21(20,18-12-13-10-15(18)11-13)17-9-5-4-8-16(17)14-6-2-1-3-7-14/h1-9,13,15H,10-12H2. The van der Waals surface area contributed by atoms with Crippen molar-refractivity contribution >= 4 is 10.0 Å². The summed E-state index contributed by atoms with van der Waals surface area (Å²) >= 11 is 0. The van der Waals surface area contributed by atoms with Crippen LogP contribution in [-0.4, -0.2) is 25.3 Å². The summed E-state index contributed by atoms with van der Waals surface area (Å²) < 4.78 is 27.7. The van der Waals surface area contributed by atoms with Crippen molar-refractivity contribution in [2.45, 2.75) is 23.8 Å². The van der Waals surface area contributed by atoms with Crippen LogP contribution in [0.25, 0.3) is 11.1 Å². The first kappa shape index (κ1) is 13.0. The molecule has 0 radical (unpaired) electrons. The number of sulfonamides is 1. The van der Waals surface area contributed by atoms with Crippen molar-refractivity contribution < 1.29 is 8.42 Å². The number of hydrogen-bond donors (Lipinski definition) is 0. The summed E-state index contributed by atoms with van der Waals surface area (Å²) in [5, 5.41) is 0. The van der Waals surface area contributed by atoms with Gasteiger partial charge in [0, 0.05) is 18.2 Å². The Morgan fingerprint density at radius 1 is 0.905 bits per heavy atom. The molecule has 2 heterocycles. The van der Waals surface area contributed by atoms with Gasteiger partial charge in [0.15, 0.2) is 0 Å². The first-order valence-corrected chi connectivity index (χ1v) is 8.76. The Hall–Kier alpha value is -1.65. The predicted molar refractivity (Wildman–Crippen MR) is 82.3 cm³/mol. The van der Waals surface area contributed by atoms with Gasteiger partial charge in [0.2, 0.25) is 10.0 Å². The molecule has 0 spiro atoms. The van der Waals surface area contributed by atoms with Gasteiger partial charge in [-0.05, 0) is 30.4 Å². The lowest BCUT2D eigenvalue weighted by molar-refractivity contribution is 0.326. The summed E-state index contributed by atoms with van der Waals surface area (Å²) in [6.45, 7) is 0.691. The summed E-state index contributed by atoms with van der Waals surface area (Å²) in [5.74, 6) is 0.577. The molecule has 0 atom stereocenters. The van der Waals surface area contributed by atoms with Crippen molar-refractivity contribution in [2.24, 2.45) is 5.92 Å². The molecule has 2 aliphatic heterocycles. The Bertz CT molecular complexity index is 764. The van der Waals surface area contributed by atoms with Crippen LogP contribution in [0.1, 0.15) is 12.8 Å². The Kier molecular flexibility index (Phi) is 2.91. The largest absolute Gasteiger partial charge is 0.243 e. The third-order valence-electron chi connectivity index (χ3n) is 4.61. The minimum Gasteiger partial charge on any atom is -0.207 e. The first-order valence-electron chi connectivity index (χ1n) is 7.32. The van der Waals surface area contributed by atoms with E-state index in [4.69, 9.17) is 0 Å². The van der Waals surface area contributed by atoms with Gasteiger partial charge in [0.05, 0.1) is 4.90 Å². The highest BCUT2D eigenvalue weighted by Crippen LogP contribution is 2.44. The molecule has 2 aromatic carbocycles. The highest BCUT2D eigenvalue weighted by atomic mass is 32.2. The van der Waals surface area contributed by atoms with Crippen LogP contribution in [0.2, 0.25) is 0 Å². The van der Waals surface area contributed by atoms with E-state index in [1.165, 1.54) is 0 Å². The zero-order valence-electron chi connectivity index (χ0n) is 11.6. The minimum atomic E-state index is -3.39. The molecule has 2 bridgehead atoms. The van der Waals surface area contributed by atoms with Crippen LogP contribution in [0, 0.1) is 5.92 Å². The van der Waals surface area contributed by atoms with Crippen molar-refractivity contribution in [1.29, 1.82) is 0 Å². The highest BCUT2D eigenvalue weighted by molar-refractivity contribution is 7.89. The molecule has 0 N–H and O–H groups in total. The fourth-order valence-electron chi connectivity index (χ4n) is 3.46. The van der Waals surface area contributed by atoms with E-state index in [0.717, 1.165) is 24.0 Å². The van der Waals surface area contributed by atoms with Crippen LogP contribution in [0.15, 0.2) is 59.5 Å². The quantitative estimate of drug-likeness (QED) is 0.873. The third kappa shape index (κ3) is 2.01. The van der Waals surface area contributed by atoms with Gasteiger partial charge in [-0.2, -0.15) is 4.31 Å². The van der Waals surface area contributed by atoms with Crippen LogP contribution < -0.4 is 0 Å². The van der Waals surface area contributed by atoms with Gasteiger partial charge >= 0.3 is 0 Å². The van der Waals surface area contributed by atoms with E-state index in [2.05, 4.69) is 0 Å². The normalized spacial score (nSPS) is 24.8. The smallest absolute Gasteiger partial charge is 0.207 e. The number of nitrogens with zero attached hydrogens (tertiary/aromatic N) is 1. The van der Waals surface area contributed by atoms with Gasteiger partial charge in [0.1, 0.15) is 0 Å². The van der Waals surface area contributed by atoms with Gasteiger partial charge in [-0.1, -0.05) is 48.5 Å². The van der Waals surface area contributed by atoms with E-state index in [-0.39, 0.29) is 6.04 Å². The summed E-state index contributed by atoms with van der Waals surface area (Å²) in [6.07, 6.45) is 2.07. The molecule has 2 aromatic rings. The Balaban J connectivity index is 1.82. The van der Waals surface area contributed by atoms with E-state index < -0.39 is 10.0 Å². The summed E-state index contributed by atoms with van der Waals surface area (Å²) in [7, 11) is -3.39. The summed E-state index contributed by atoms with van der Waals surface area (Å²) in [6, 6.07) is 17.3. The second kappa shape index (κ2) is 4.68. The molecule has 108 valence electrons. The predicted octanol–water partition coefficient (Wildman–Crippen LogP) is 3.14. The summed E-state index contributed by atoms with van der Waals surface area (Å²) in [4.78, 5) is 0.434. The molecule has 0 amide bonds.